The predicted molar refractivity (Wildman–Crippen MR) is 98.4 cm³/mol. The average Bonchev–Trinajstić information content (AvgIpc) is 3.26. The number of para-hydroxylation sites is 1. The molecule has 0 aliphatic rings. The fourth-order valence-corrected chi connectivity index (χ4v) is 2.94. The highest BCUT2D eigenvalue weighted by atomic mass is 16.5. The van der Waals surface area contributed by atoms with Crippen molar-refractivity contribution in [2.24, 2.45) is 0 Å². The minimum Gasteiger partial charge on any atom is -0.458 e. The van der Waals surface area contributed by atoms with Crippen LogP contribution in [0.5, 0.6) is 0 Å². The molecule has 0 bridgehead atoms. The fourth-order valence-electron chi connectivity index (χ4n) is 2.94. The van der Waals surface area contributed by atoms with Crippen LogP contribution in [0.25, 0.3) is 22.4 Å². The average molecular weight is 346 g/mol. The highest BCUT2D eigenvalue weighted by Crippen LogP contribution is 2.30. The Morgan fingerprint density at radius 3 is 2.62 bits per heavy atom. The van der Waals surface area contributed by atoms with E-state index in [4.69, 9.17) is 14.3 Å². The lowest BCUT2D eigenvalue weighted by molar-refractivity contribution is -0.142. The third-order valence-corrected chi connectivity index (χ3v) is 4.15. The van der Waals surface area contributed by atoms with Crippen LogP contribution in [0.3, 0.4) is 0 Å². The number of hydrogen-bond donors (Lipinski definition) is 0. The SMILES string of the molecule is CC(=O)OCc1ccc(-c2nn(Cc3ccccc3)c3ccccc23)o1. The number of carbonyl (C=O) groups is 1. The van der Waals surface area contributed by atoms with Crippen LogP contribution < -0.4 is 0 Å². The maximum absolute atomic E-state index is 11.0. The van der Waals surface area contributed by atoms with Gasteiger partial charge in [-0.2, -0.15) is 5.10 Å². The van der Waals surface area contributed by atoms with Gasteiger partial charge in [0.15, 0.2) is 5.76 Å². The van der Waals surface area contributed by atoms with Gasteiger partial charge in [-0.15, -0.1) is 0 Å². The molecule has 5 heteroatoms. The second kappa shape index (κ2) is 6.88. The Balaban J connectivity index is 1.71. The third kappa shape index (κ3) is 3.24. The molecule has 4 rings (SSSR count). The molecule has 0 saturated carbocycles. The van der Waals surface area contributed by atoms with Crippen molar-refractivity contribution in [2.45, 2.75) is 20.1 Å². The molecule has 0 unspecified atom stereocenters. The van der Waals surface area contributed by atoms with Crippen molar-refractivity contribution in [3.8, 4) is 11.5 Å². The largest absolute Gasteiger partial charge is 0.458 e. The van der Waals surface area contributed by atoms with Crippen LogP contribution in [0.15, 0.2) is 71.1 Å². The van der Waals surface area contributed by atoms with Crippen molar-refractivity contribution in [1.29, 1.82) is 0 Å². The van der Waals surface area contributed by atoms with Crippen LogP contribution in [0.2, 0.25) is 0 Å². The van der Waals surface area contributed by atoms with E-state index < -0.39 is 0 Å². The van der Waals surface area contributed by atoms with E-state index in [1.165, 1.54) is 12.5 Å². The third-order valence-electron chi connectivity index (χ3n) is 4.15. The molecule has 2 aromatic carbocycles. The van der Waals surface area contributed by atoms with Gasteiger partial charge in [0.25, 0.3) is 0 Å². The summed E-state index contributed by atoms with van der Waals surface area (Å²) in [6.45, 7) is 2.18. The normalized spacial score (nSPS) is 11.0. The first-order chi connectivity index (χ1) is 12.7. The van der Waals surface area contributed by atoms with Crippen molar-refractivity contribution in [3.05, 3.63) is 78.1 Å². The van der Waals surface area contributed by atoms with Gasteiger partial charge in [0.1, 0.15) is 18.1 Å². The number of hydrogen-bond acceptors (Lipinski definition) is 4. The summed E-state index contributed by atoms with van der Waals surface area (Å²) < 4.78 is 12.8. The lowest BCUT2D eigenvalue weighted by Gasteiger charge is -2.03. The molecule has 2 aromatic heterocycles. The van der Waals surface area contributed by atoms with Gasteiger partial charge in [-0.3, -0.25) is 9.48 Å². The lowest BCUT2D eigenvalue weighted by atomic mass is 10.2. The van der Waals surface area contributed by atoms with Gasteiger partial charge < -0.3 is 9.15 Å². The Morgan fingerprint density at radius 1 is 1.04 bits per heavy atom. The lowest BCUT2D eigenvalue weighted by Crippen LogP contribution is -2.01. The minimum absolute atomic E-state index is 0.123. The smallest absolute Gasteiger partial charge is 0.303 e. The zero-order valence-electron chi connectivity index (χ0n) is 14.4. The van der Waals surface area contributed by atoms with E-state index in [1.54, 1.807) is 0 Å². The second-order valence-corrected chi connectivity index (χ2v) is 6.06. The number of ether oxygens (including phenoxy) is 1. The van der Waals surface area contributed by atoms with Gasteiger partial charge in [0.05, 0.1) is 12.1 Å². The van der Waals surface area contributed by atoms with E-state index in [0.717, 1.165) is 16.6 Å². The summed E-state index contributed by atoms with van der Waals surface area (Å²) >= 11 is 0. The first-order valence-corrected chi connectivity index (χ1v) is 8.42. The molecule has 2 heterocycles. The van der Waals surface area contributed by atoms with Gasteiger partial charge in [-0.1, -0.05) is 48.5 Å². The summed E-state index contributed by atoms with van der Waals surface area (Å²) in [5.74, 6) is 0.924. The molecule has 5 nitrogen and oxygen atoms in total. The molecule has 26 heavy (non-hydrogen) atoms. The van der Waals surface area contributed by atoms with E-state index in [1.807, 2.05) is 53.2 Å². The van der Waals surface area contributed by atoms with Crippen molar-refractivity contribution in [1.82, 2.24) is 9.78 Å². The van der Waals surface area contributed by atoms with Gasteiger partial charge in [0, 0.05) is 12.3 Å². The Hall–Kier alpha value is -3.34. The number of esters is 1. The zero-order valence-corrected chi connectivity index (χ0v) is 14.4. The summed E-state index contributed by atoms with van der Waals surface area (Å²) in [6, 6.07) is 22.0. The van der Waals surface area contributed by atoms with Crippen LogP contribution in [0.1, 0.15) is 18.2 Å². The summed E-state index contributed by atoms with van der Waals surface area (Å²) in [6.07, 6.45) is 0. The van der Waals surface area contributed by atoms with Gasteiger partial charge in [0.2, 0.25) is 0 Å². The number of benzene rings is 2. The second-order valence-electron chi connectivity index (χ2n) is 6.06. The van der Waals surface area contributed by atoms with Crippen LogP contribution >= 0.6 is 0 Å². The topological polar surface area (TPSA) is 57.3 Å². The maximum Gasteiger partial charge on any atom is 0.303 e. The molecule has 0 fully saturated rings. The van der Waals surface area contributed by atoms with Gasteiger partial charge >= 0.3 is 5.97 Å². The molecule has 0 radical (unpaired) electrons. The monoisotopic (exact) mass is 346 g/mol. The minimum atomic E-state index is -0.333. The Bertz CT molecular complexity index is 1050. The van der Waals surface area contributed by atoms with E-state index >= 15 is 0 Å². The molecule has 0 aliphatic carbocycles. The number of furan rings is 1. The molecular formula is C21H18N2O3. The van der Waals surface area contributed by atoms with E-state index in [2.05, 4.69) is 18.2 Å². The molecule has 4 aromatic rings. The van der Waals surface area contributed by atoms with Gasteiger partial charge in [-0.25, -0.2) is 0 Å². The first-order valence-electron chi connectivity index (χ1n) is 8.42. The summed E-state index contributed by atoms with van der Waals surface area (Å²) in [7, 11) is 0. The summed E-state index contributed by atoms with van der Waals surface area (Å²) in [5.41, 5.74) is 3.01. The van der Waals surface area contributed by atoms with Crippen molar-refractivity contribution >= 4 is 16.9 Å². The van der Waals surface area contributed by atoms with Gasteiger partial charge in [-0.05, 0) is 23.8 Å². The van der Waals surface area contributed by atoms with E-state index in [-0.39, 0.29) is 12.6 Å². The van der Waals surface area contributed by atoms with Crippen LogP contribution in [0.4, 0.5) is 0 Å². The molecule has 0 N–H and O–H groups in total. The zero-order chi connectivity index (χ0) is 17.9. The Morgan fingerprint density at radius 2 is 1.81 bits per heavy atom. The van der Waals surface area contributed by atoms with E-state index in [9.17, 15) is 4.79 Å². The maximum atomic E-state index is 11.0. The number of carbonyl (C=O) groups excluding carboxylic acids is 1. The van der Waals surface area contributed by atoms with Crippen LogP contribution in [-0.2, 0) is 22.7 Å². The number of rotatable bonds is 5. The molecule has 0 spiro atoms. The number of nitrogens with zero attached hydrogens (tertiary/aromatic N) is 2. The first kappa shape index (κ1) is 16.1. The quantitative estimate of drug-likeness (QED) is 0.502. The highest BCUT2D eigenvalue weighted by molar-refractivity contribution is 5.92. The van der Waals surface area contributed by atoms with Crippen molar-refractivity contribution in [3.63, 3.8) is 0 Å². The van der Waals surface area contributed by atoms with Crippen LogP contribution in [0, 0.1) is 0 Å². The highest BCUT2D eigenvalue weighted by Gasteiger charge is 2.15. The van der Waals surface area contributed by atoms with Crippen molar-refractivity contribution < 1.29 is 13.9 Å². The number of aromatic nitrogens is 2. The molecule has 0 saturated heterocycles. The number of fused-ring (bicyclic) bond motifs is 1. The Kier molecular flexibility index (Phi) is 4.27. The summed E-state index contributed by atoms with van der Waals surface area (Å²) in [4.78, 5) is 11.0. The Labute approximate surface area is 150 Å². The summed E-state index contributed by atoms with van der Waals surface area (Å²) in [5, 5.41) is 5.80. The molecule has 0 atom stereocenters. The molecular weight excluding hydrogens is 328 g/mol. The van der Waals surface area contributed by atoms with Crippen LogP contribution in [-0.4, -0.2) is 15.7 Å². The fraction of sp³-hybridized carbons (Fsp3) is 0.143. The molecule has 130 valence electrons. The predicted octanol–water partition coefficient (Wildman–Crippen LogP) is 4.41. The van der Waals surface area contributed by atoms with Crippen molar-refractivity contribution in [2.75, 3.05) is 0 Å². The standard InChI is InChI=1S/C21H18N2O3/c1-15(24)25-14-17-11-12-20(26-17)21-18-9-5-6-10-19(18)23(22-21)13-16-7-3-2-4-8-16/h2-12H,13-14H2,1H3. The molecule has 0 aliphatic heterocycles. The molecule has 0 amide bonds. The van der Waals surface area contributed by atoms with E-state index in [0.29, 0.717) is 18.1 Å².